The summed E-state index contributed by atoms with van der Waals surface area (Å²) in [7, 11) is 1.56. The van der Waals surface area contributed by atoms with Gasteiger partial charge in [0.2, 0.25) is 11.9 Å². The number of hydrogen-bond donors (Lipinski definition) is 3. The van der Waals surface area contributed by atoms with Crippen LogP contribution in [0.4, 0.5) is 42.0 Å². The number of amides is 1. The van der Waals surface area contributed by atoms with Crippen LogP contribution >= 0.6 is 0 Å². The molecule has 3 aromatic rings. The predicted molar refractivity (Wildman–Crippen MR) is 168 cm³/mol. The van der Waals surface area contributed by atoms with Gasteiger partial charge in [0.05, 0.1) is 19.2 Å². The number of piperazine rings is 1. The molecule has 45 heavy (non-hydrogen) atoms. The van der Waals surface area contributed by atoms with Gasteiger partial charge >= 0.3 is 6.18 Å². The highest BCUT2D eigenvalue weighted by Crippen LogP contribution is 2.36. The third-order valence-electron chi connectivity index (χ3n) is 9.06. The molecule has 0 unspecified atom stereocenters. The van der Waals surface area contributed by atoms with E-state index in [2.05, 4.69) is 47.5 Å². The number of ether oxygens (including phenoxy) is 1. The Bertz CT molecular complexity index is 1520. The summed E-state index contributed by atoms with van der Waals surface area (Å²) in [5, 5.41) is 8.62. The number of carbonyl (C=O) groups excluding carboxylic acids is 1. The molecule has 3 N–H and O–H groups in total. The molecule has 1 amide bonds. The number of aromatic nitrogens is 2. The predicted octanol–water partition coefficient (Wildman–Crippen LogP) is 4.96. The van der Waals surface area contributed by atoms with Crippen LogP contribution in [0.15, 0.2) is 42.6 Å². The van der Waals surface area contributed by atoms with Gasteiger partial charge in [-0.3, -0.25) is 9.69 Å². The maximum absolute atomic E-state index is 13.9. The highest BCUT2D eigenvalue weighted by molar-refractivity contribution is 5.99. The molecule has 2 aromatic carbocycles. The first-order valence-corrected chi connectivity index (χ1v) is 15.5. The van der Waals surface area contributed by atoms with E-state index in [1.54, 1.807) is 25.3 Å². The largest absolute Gasteiger partial charge is 0.494 e. The van der Waals surface area contributed by atoms with Crippen molar-refractivity contribution in [3.8, 4) is 5.75 Å². The van der Waals surface area contributed by atoms with Gasteiger partial charge in [-0.15, -0.1) is 0 Å². The normalized spacial score (nSPS) is 18.1. The number of methoxy groups -OCH3 is 1. The van der Waals surface area contributed by atoms with Crippen LogP contribution in [0.3, 0.4) is 0 Å². The van der Waals surface area contributed by atoms with Gasteiger partial charge in [0.1, 0.15) is 17.1 Å². The van der Waals surface area contributed by atoms with Gasteiger partial charge in [0.15, 0.2) is 0 Å². The fourth-order valence-electron chi connectivity index (χ4n) is 6.49. The van der Waals surface area contributed by atoms with Gasteiger partial charge in [-0.2, -0.15) is 18.2 Å². The zero-order valence-electron chi connectivity index (χ0n) is 25.6. The average Bonchev–Trinajstić information content (AvgIpc) is 3.44. The Morgan fingerprint density at radius 3 is 2.56 bits per heavy atom. The van der Waals surface area contributed by atoms with Crippen molar-refractivity contribution in [1.82, 2.24) is 19.8 Å². The molecule has 0 radical (unpaired) electrons. The number of alkyl halides is 3. The van der Waals surface area contributed by atoms with Gasteiger partial charge in [0, 0.05) is 62.4 Å². The number of carbonyl (C=O) groups is 1. The summed E-state index contributed by atoms with van der Waals surface area (Å²) in [5.41, 5.74) is 2.74. The van der Waals surface area contributed by atoms with Gasteiger partial charge < -0.3 is 30.5 Å². The number of piperidine rings is 1. The van der Waals surface area contributed by atoms with Gasteiger partial charge in [-0.05, 0) is 61.8 Å². The fourth-order valence-corrected chi connectivity index (χ4v) is 6.49. The van der Waals surface area contributed by atoms with Crippen molar-refractivity contribution < 1.29 is 22.7 Å². The van der Waals surface area contributed by atoms with Crippen molar-refractivity contribution in [2.24, 2.45) is 0 Å². The van der Waals surface area contributed by atoms with Crippen molar-refractivity contribution >= 4 is 34.7 Å². The number of hydrogen-bond acceptors (Lipinski definition) is 9. The highest BCUT2D eigenvalue weighted by Gasteiger charge is 2.35. The number of benzene rings is 2. The Labute approximate surface area is 261 Å². The van der Waals surface area contributed by atoms with Crippen molar-refractivity contribution in [1.29, 1.82) is 0 Å². The van der Waals surface area contributed by atoms with Crippen molar-refractivity contribution in [2.45, 2.75) is 44.9 Å². The smallest absolute Gasteiger partial charge is 0.421 e. The molecule has 6 rings (SSSR count). The molecule has 0 bridgehead atoms. The number of nitrogens with one attached hydrogen (secondary N) is 3. The second-order valence-electron chi connectivity index (χ2n) is 11.7. The van der Waals surface area contributed by atoms with Gasteiger partial charge in [-0.1, -0.05) is 19.1 Å². The molecule has 2 fully saturated rings. The quantitative estimate of drug-likeness (QED) is 0.305. The van der Waals surface area contributed by atoms with Crippen molar-refractivity contribution in [2.75, 3.05) is 73.8 Å². The molecule has 0 saturated carbocycles. The van der Waals surface area contributed by atoms with Crippen molar-refractivity contribution in [3.63, 3.8) is 0 Å². The number of halogens is 3. The zero-order chi connectivity index (χ0) is 31.6. The first kappa shape index (κ1) is 30.9. The molecule has 240 valence electrons. The minimum atomic E-state index is -4.66. The molecule has 4 heterocycles. The molecule has 0 atom stereocenters. The summed E-state index contributed by atoms with van der Waals surface area (Å²) in [6.45, 7) is 9.57. The van der Waals surface area contributed by atoms with Crippen LogP contribution in [0, 0.1) is 0 Å². The second kappa shape index (κ2) is 13.1. The first-order valence-electron chi connectivity index (χ1n) is 15.5. The van der Waals surface area contributed by atoms with E-state index in [1.165, 1.54) is 25.9 Å². The number of nitrogens with zero attached hydrogens (tertiary/aromatic N) is 5. The number of fused-ring (bicyclic) bond motifs is 1. The molecule has 13 heteroatoms. The lowest BCUT2D eigenvalue weighted by molar-refractivity contribution is -0.137. The summed E-state index contributed by atoms with van der Waals surface area (Å²) in [6.07, 6.45) is -1.27. The molecule has 2 saturated heterocycles. The monoisotopic (exact) mass is 624 g/mol. The van der Waals surface area contributed by atoms with E-state index < -0.39 is 11.7 Å². The molecule has 3 aliphatic rings. The Morgan fingerprint density at radius 1 is 1.07 bits per heavy atom. The Balaban J connectivity index is 1.13. The van der Waals surface area contributed by atoms with Crippen LogP contribution in [-0.4, -0.2) is 84.6 Å². The molecular weight excluding hydrogens is 585 g/mol. The molecule has 0 spiro atoms. The maximum Gasteiger partial charge on any atom is 0.421 e. The SMILES string of the molecule is CCN1CCC(N2CCN(c3ccc(Nc4ncc(C(F)(F)F)c(NCc5cccc6c5CC(=O)N6)n4)c(OC)c3)CC2)CC1. The average molecular weight is 625 g/mol. The molecule has 0 aliphatic carbocycles. The topological polar surface area (TPSA) is 97.9 Å². The zero-order valence-corrected chi connectivity index (χ0v) is 25.6. The van der Waals surface area contributed by atoms with E-state index in [0.717, 1.165) is 50.2 Å². The Morgan fingerprint density at radius 2 is 1.84 bits per heavy atom. The third kappa shape index (κ3) is 6.94. The van der Waals surface area contributed by atoms with Crippen LogP contribution in [0.1, 0.15) is 36.5 Å². The van der Waals surface area contributed by atoms with Crippen LogP contribution in [0.5, 0.6) is 5.75 Å². The van der Waals surface area contributed by atoms with E-state index in [9.17, 15) is 18.0 Å². The van der Waals surface area contributed by atoms with E-state index in [1.807, 2.05) is 18.2 Å². The lowest BCUT2D eigenvalue weighted by atomic mass is 10.0. The van der Waals surface area contributed by atoms with E-state index in [0.29, 0.717) is 28.7 Å². The molecule has 3 aliphatic heterocycles. The Hall–Kier alpha value is -4.10. The van der Waals surface area contributed by atoms with Crippen LogP contribution in [0.25, 0.3) is 0 Å². The molecule has 1 aromatic heterocycles. The standard InChI is InChI=1S/C32H39F3N8O2/c1-3-41-11-9-22(10-12-41)42-13-15-43(16-14-42)23-7-8-27(28(17-23)45-2)39-31-37-20-25(32(33,34)35)30(40-31)36-19-21-5-4-6-26-24(21)18-29(44)38-26/h4-8,17,20,22H,3,9-16,18-19H2,1-2H3,(H,38,44)(H2,36,37,39,40). The molecule has 10 nitrogen and oxygen atoms in total. The van der Waals surface area contributed by atoms with E-state index >= 15 is 0 Å². The summed E-state index contributed by atoms with van der Waals surface area (Å²) >= 11 is 0. The third-order valence-corrected chi connectivity index (χ3v) is 9.06. The van der Waals surface area contributed by atoms with Gasteiger partial charge in [0.25, 0.3) is 0 Å². The summed E-state index contributed by atoms with van der Waals surface area (Å²) in [6, 6.07) is 11.7. The fraction of sp³-hybridized carbons (Fsp3) is 0.469. The Kier molecular flexibility index (Phi) is 8.99. The summed E-state index contributed by atoms with van der Waals surface area (Å²) in [4.78, 5) is 27.5. The molecular formula is C32H39F3N8O2. The van der Waals surface area contributed by atoms with Crippen molar-refractivity contribution in [3.05, 3.63) is 59.3 Å². The lowest BCUT2D eigenvalue weighted by Gasteiger charge is -2.43. The van der Waals surface area contributed by atoms with Crippen LogP contribution < -0.4 is 25.6 Å². The maximum atomic E-state index is 13.9. The summed E-state index contributed by atoms with van der Waals surface area (Å²) < 4.78 is 47.3. The van der Waals surface area contributed by atoms with Gasteiger partial charge in [-0.25, -0.2) is 4.98 Å². The highest BCUT2D eigenvalue weighted by atomic mass is 19.4. The minimum absolute atomic E-state index is 0.00517. The second-order valence-corrected chi connectivity index (χ2v) is 11.7. The van der Waals surface area contributed by atoms with E-state index in [4.69, 9.17) is 4.74 Å². The summed E-state index contributed by atoms with van der Waals surface area (Å²) in [5.74, 6) is 0.0299. The van der Waals surface area contributed by atoms with E-state index in [-0.39, 0.29) is 30.6 Å². The number of rotatable bonds is 9. The van der Waals surface area contributed by atoms with Crippen LogP contribution in [0.2, 0.25) is 0 Å². The lowest BCUT2D eigenvalue weighted by Crippen LogP contribution is -2.53. The number of anilines is 5. The first-order chi connectivity index (χ1) is 21.7. The number of likely N-dealkylation sites (tertiary alicyclic amines) is 1. The van der Waals surface area contributed by atoms with Crippen LogP contribution in [-0.2, 0) is 23.9 Å². The minimum Gasteiger partial charge on any atom is -0.494 e.